The predicted octanol–water partition coefficient (Wildman–Crippen LogP) is 2.74. The van der Waals surface area contributed by atoms with E-state index in [4.69, 9.17) is 4.42 Å². The normalized spacial score (nSPS) is 26.3. The van der Waals surface area contributed by atoms with Crippen LogP contribution < -0.4 is 10.6 Å². The molecule has 2 aliphatic rings. The number of benzene rings is 1. The summed E-state index contributed by atoms with van der Waals surface area (Å²) < 4.78 is 5.78. The second-order valence-electron chi connectivity index (χ2n) is 6.40. The lowest BCUT2D eigenvalue weighted by atomic mass is 10.0. The predicted molar refractivity (Wildman–Crippen MR) is 84.6 cm³/mol. The van der Waals surface area contributed by atoms with Crippen molar-refractivity contribution in [2.45, 2.75) is 31.8 Å². The molecule has 4 heteroatoms. The third kappa shape index (κ3) is 2.33. The molecule has 3 atom stereocenters. The van der Waals surface area contributed by atoms with Crippen molar-refractivity contribution in [1.82, 2.24) is 10.6 Å². The summed E-state index contributed by atoms with van der Waals surface area (Å²) in [7, 11) is 0. The van der Waals surface area contributed by atoms with Gasteiger partial charge in [0.15, 0.2) is 5.76 Å². The van der Waals surface area contributed by atoms with Crippen LogP contribution in [0.4, 0.5) is 0 Å². The molecule has 2 aromatic rings. The van der Waals surface area contributed by atoms with Gasteiger partial charge >= 0.3 is 0 Å². The molecule has 1 aromatic heterocycles. The molecule has 1 amide bonds. The van der Waals surface area contributed by atoms with Crippen LogP contribution >= 0.6 is 0 Å². The van der Waals surface area contributed by atoms with Crippen molar-refractivity contribution in [2.24, 2.45) is 5.92 Å². The Morgan fingerprint density at radius 2 is 2.09 bits per heavy atom. The minimum Gasteiger partial charge on any atom is -0.451 e. The molecule has 4 rings (SSSR count). The molecular formula is C18H20N2O2. The van der Waals surface area contributed by atoms with Gasteiger partial charge in [0.25, 0.3) is 5.91 Å². The fourth-order valence-corrected chi connectivity index (χ4v) is 3.71. The van der Waals surface area contributed by atoms with E-state index in [1.54, 1.807) is 6.07 Å². The maximum absolute atomic E-state index is 12.4. The Hall–Kier alpha value is -2.07. The molecule has 0 radical (unpaired) electrons. The standard InChI is InChI=1S/C18H20N2O2/c1-11-4-2-3-5-14(11)16-6-7-17(22-16)18(21)20-15-9-13-8-12(15)10-19-13/h2-7,12-13,15,19H,8-10H2,1H3,(H,20,21). The fraction of sp³-hybridized carbons (Fsp3) is 0.389. The molecule has 114 valence electrons. The first-order valence-corrected chi connectivity index (χ1v) is 7.91. The van der Waals surface area contributed by atoms with E-state index in [1.165, 1.54) is 6.42 Å². The molecule has 1 aliphatic heterocycles. The summed E-state index contributed by atoms with van der Waals surface area (Å²) in [6.45, 7) is 3.06. The van der Waals surface area contributed by atoms with Gasteiger partial charge in [0.1, 0.15) is 5.76 Å². The summed E-state index contributed by atoms with van der Waals surface area (Å²) in [6.07, 6.45) is 2.21. The molecule has 1 aromatic carbocycles. The molecular weight excluding hydrogens is 276 g/mol. The van der Waals surface area contributed by atoms with Crippen LogP contribution in [0.3, 0.4) is 0 Å². The van der Waals surface area contributed by atoms with E-state index in [2.05, 4.69) is 10.6 Å². The van der Waals surface area contributed by atoms with Crippen molar-refractivity contribution in [1.29, 1.82) is 0 Å². The van der Waals surface area contributed by atoms with Gasteiger partial charge in [-0.2, -0.15) is 0 Å². The Morgan fingerprint density at radius 1 is 1.23 bits per heavy atom. The third-order valence-corrected chi connectivity index (χ3v) is 4.92. The summed E-state index contributed by atoms with van der Waals surface area (Å²) in [5.41, 5.74) is 2.17. The lowest BCUT2D eigenvalue weighted by Gasteiger charge is -2.22. The van der Waals surface area contributed by atoms with E-state index >= 15 is 0 Å². The number of carbonyl (C=O) groups excluding carboxylic acids is 1. The van der Waals surface area contributed by atoms with Gasteiger partial charge in [-0.3, -0.25) is 4.79 Å². The van der Waals surface area contributed by atoms with Crippen LogP contribution in [-0.2, 0) is 0 Å². The largest absolute Gasteiger partial charge is 0.451 e. The van der Waals surface area contributed by atoms with Gasteiger partial charge in [-0.15, -0.1) is 0 Å². The zero-order chi connectivity index (χ0) is 15.1. The van der Waals surface area contributed by atoms with Crippen molar-refractivity contribution >= 4 is 5.91 Å². The van der Waals surface area contributed by atoms with Crippen LogP contribution in [0.5, 0.6) is 0 Å². The van der Waals surface area contributed by atoms with Crippen molar-refractivity contribution in [3.63, 3.8) is 0 Å². The van der Waals surface area contributed by atoms with Gasteiger partial charge < -0.3 is 15.1 Å². The molecule has 4 nitrogen and oxygen atoms in total. The molecule has 2 bridgehead atoms. The number of hydrogen-bond donors (Lipinski definition) is 2. The maximum Gasteiger partial charge on any atom is 0.287 e. The van der Waals surface area contributed by atoms with Gasteiger partial charge in [0, 0.05) is 24.2 Å². The van der Waals surface area contributed by atoms with E-state index in [9.17, 15) is 4.79 Å². The Balaban J connectivity index is 1.49. The zero-order valence-electron chi connectivity index (χ0n) is 12.6. The summed E-state index contributed by atoms with van der Waals surface area (Å²) in [5, 5.41) is 6.59. The second-order valence-corrected chi connectivity index (χ2v) is 6.40. The smallest absolute Gasteiger partial charge is 0.287 e. The highest BCUT2D eigenvalue weighted by molar-refractivity contribution is 5.92. The number of aryl methyl sites for hydroxylation is 1. The quantitative estimate of drug-likeness (QED) is 0.915. The molecule has 0 spiro atoms. The Labute approximate surface area is 129 Å². The van der Waals surface area contributed by atoms with Gasteiger partial charge in [-0.05, 0) is 43.4 Å². The van der Waals surface area contributed by atoms with Gasteiger partial charge in [0.2, 0.25) is 0 Å². The monoisotopic (exact) mass is 296 g/mol. The van der Waals surface area contributed by atoms with Crippen molar-refractivity contribution in [2.75, 3.05) is 6.54 Å². The highest BCUT2D eigenvalue weighted by atomic mass is 16.3. The molecule has 2 N–H and O–H groups in total. The number of amides is 1. The SMILES string of the molecule is Cc1ccccc1-c1ccc(C(=O)NC2CC3CC2CN3)o1. The average molecular weight is 296 g/mol. The molecule has 1 saturated carbocycles. The molecule has 2 fully saturated rings. The average Bonchev–Trinajstić information content (AvgIpc) is 3.24. The van der Waals surface area contributed by atoms with Crippen LogP contribution in [0.2, 0.25) is 0 Å². The molecule has 1 saturated heterocycles. The van der Waals surface area contributed by atoms with Crippen LogP contribution in [-0.4, -0.2) is 24.5 Å². The van der Waals surface area contributed by atoms with E-state index in [-0.39, 0.29) is 11.9 Å². The van der Waals surface area contributed by atoms with E-state index < -0.39 is 0 Å². The van der Waals surface area contributed by atoms with Crippen molar-refractivity contribution in [3.8, 4) is 11.3 Å². The highest BCUT2D eigenvalue weighted by Crippen LogP contribution is 2.31. The number of nitrogens with one attached hydrogen (secondary N) is 2. The van der Waals surface area contributed by atoms with Crippen molar-refractivity contribution in [3.05, 3.63) is 47.7 Å². The summed E-state index contributed by atoms with van der Waals surface area (Å²) in [4.78, 5) is 12.4. The lowest BCUT2D eigenvalue weighted by Crippen LogP contribution is -2.44. The van der Waals surface area contributed by atoms with E-state index in [0.717, 1.165) is 29.9 Å². The van der Waals surface area contributed by atoms with Crippen LogP contribution in [0.1, 0.15) is 29.0 Å². The second kappa shape index (κ2) is 5.29. The molecule has 3 unspecified atom stereocenters. The van der Waals surface area contributed by atoms with Gasteiger partial charge in [-0.1, -0.05) is 24.3 Å². The summed E-state index contributed by atoms with van der Waals surface area (Å²) in [6, 6.07) is 12.5. The van der Waals surface area contributed by atoms with Gasteiger partial charge in [0.05, 0.1) is 0 Å². The maximum atomic E-state index is 12.4. The molecule has 1 aliphatic carbocycles. The lowest BCUT2D eigenvalue weighted by molar-refractivity contribution is 0.0897. The number of furan rings is 1. The van der Waals surface area contributed by atoms with E-state index in [0.29, 0.717) is 17.7 Å². The third-order valence-electron chi connectivity index (χ3n) is 4.92. The van der Waals surface area contributed by atoms with Crippen LogP contribution in [0, 0.1) is 12.8 Å². The Morgan fingerprint density at radius 3 is 2.82 bits per heavy atom. The number of fused-ring (bicyclic) bond motifs is 2. The first kappa shape index (κ1) is 13.6. The van der Waals surface area contributed by atoms with E-state index in [1.807, 2.05) is 37.3 Å². The van der Waals surface area contributed by atoms with Crippen LogP contribution in [0.15, 0.2) is 40.8 Å². The number of hydrogen-bond acceptors (Lipinski definition) is 3. The van der Waals surface area contributed by atoms with Crippen molar-refractivity contribution < 1.29 is 9.21 Å². The number of carbonyl (C=O) groups is 1. The summed E-state index contributed by atoms with van der Waals surface area (Å²) in [5.74, 6) is 1.61. The summed E-state index contributed by atoms with van der Waals surface area (Å²) >= 11 is 0. The minimum atomic E-state index is -0.0996. The van der Waals surface area contributed by atoms with Gasteiger partial charge in [-0.25, -0.2) is 0 Å². The molecule has 22 heavy (non-hydrogen) atoms. The number of piperidine rings is 1. The molecule has 2 heterocycles. The first-order valence-electron chi connectivity index (χ1n) is 7.91. The minimum absolute atomic E-state index is 0.0996. The Kier molecular flexibility index (Phi) is 3.26. The zero-order valence-corrected chi connectivity index (χ0v) is 12.6. The topological polar surface area (TPSA) is 54.3 Å². The first-order chi connectivity index (χ1) is 10.7. The highest BCUT2D eigenvalue weighted by Gasteiger charge is 2.40. The number of rotatable bonds is 3. The van der Waals surface area contributed by atoms with Crippen LogP contribution in [0.25, 0.3) is 11.3 Å². The fourth-order valence-electron chi connectivity index (χ4n) is 3.71. The Bertz CT molecular complexity index is 707.